The number of amides is 2. The van der Waals surface area contributed by atoms with Crippen molar-refractivity contribution in [3.63, 3.8) is 0 Å². The number of carbonyl (C=O) groups is 2. The molecule has 1 aliphatic rings. The third-order valence-corrected chi connectivity index (χ3v) is 5.61. The highest BCUT2D eigenvalue weighted by Crippen LogP contribution is 2.19. The van der Waals surface area contributed by atoms with Crippen LogP contribution in [0.3, 0.4) is 0 Å². The van der Waals surface area contributed by atoms with Gasteiger partial charge >= 0.3 is 0 Å². The predicted octanol–water partition coefficient (Wildman–Crippen LogP) is 4.13. The first-order valence-electron chi connectivity index (χ1n) is 10.6. The van der Waals surface area contributed by atoms with Gasteiger partial charge in [-0.3, -0.25) is 9.59 Å². The van der Waals surface area contributed by atoms with Gasteiger partial charge < -0.3 is 15.1 Å². The van der Waals surface area contributed by atoms with Gasteiger partial charge in [0.2, 0.25) is 0 Å². The molecule has 7 heteroatoms. The highest BCUT2D eigenvalue weighted by molar-refractivity contribution is 6.05. The van der Waals surface area contributed by atoms with E-state index in [0.29, 0.717) is 30.9 Å². The average Bonchev–Trinajstić information content (AvgIpc) is 3.06. The normalized spacial score (nSPS) is 14.1. The number of hydrogen-bond acceptors (Lipinski definition) is 4. The summed E-state index contributed by atoms with van der Waals surface area (Å²) in [6, 6.07) is 17.2. The van der Waals surface area contributed by atoms with Crippen LogP contribution in [0.1, 0.15) is 32.7 Å². The van der Waals surface area contributed by atoms with Gasteiger partial charge in [0.25, 0.3) is 11.8 Å². The number of aromatic nitrogens is 1. The van der Waals surface area contributed by atoms with E-state index in [-0.39, 0.29) is 17.4 Å². The van der Waals surface area contributed by atoms with E-state index in [9.17, 15) is 14.0 Å². The number of halogens is 1. The molecule has 0 radical (unpaired) electrons. The lowest BCUT2D eigenvalue weighted by Crippen LogP contribution is -2.35. The summed E-state index contributed by atoms with van der Waals surface area (Å²) in [4.78, 5) is 33.5. The molecule has 0 aliphatic carbocycles. The molecule has 0 saturated carbocycles. The number of nitrogens with one attached hydrogen (secondary N) is 1. The summed E-state index contributed by atoms with van der Waals surface area (Å²) in [5, 5.41) is 2.88. The third kappa shape index (κ3) is 4.77. The monoisotopic (exact) mass is 432 g/mol. The molecule has 2 heterocycles. The quantitative estimate of drug-likeness (QED) is 0.673. The second kappa shape index (κ2) is 9.60. The molecular formula is C25H25FN4O2. The van der Waals surface area contributed by atoms with Gasteiger partial charge in [-0.2, -0.15) is 0 Å². The van der Waals surface area contributed by atoms with Crippen molar-refractivity contribution in [2.24, 2.45) is 0 Å². The summed E-state index contributed by atoms with van der Waals surface area (Å²) in [5.41, 5.74) is 2.26. The van der Waals surface area contributed by atoms with Gasteiger partial charge in [0.15, 0.2) is 0 Å². The second-order valence-corrected chi connectivity index (χ2v) is 7.79. The van der Waals surface area contributed by atoms with Gasteiger partial charge in [-0.25, -0.2) is 9.37 Å². The highest BCUT2D eigenvalue weighted by Gasteiger charge is 2.23. The number of hydrogen-bond donors (Lipinski definition) is 1. The van der Waals surface area contributed by atoms with Gasteiger partial charge in [0.1, 0.15) is 11.6 Å². The van der Waals surface area contributed by atoms with Crippen LogP contribution in [0.5, 0.6) is 0 Å². The molecule has 0 atom stereocenters. The van der Waals surface area contributed by atoms with E-state index < -0.39 is 5.82 Å². The minimum Gasteiger partial charge on any atom is -0.355 e. The number of carbonyl (C=O) groups excluding carboxylic acids is 2. The van der Waals surface area contributed by atoms with Crippen LogP contribution in [0.25, 0.3) is 0 Å². The van der Waals surface area contributed by atoms with Crippen LogP contribution in [0.2, 0.25) is 0 Å². The number of aryl methyl sites for hydroxylation is 1. The molecule has 0 spiro atoms. The smallest absolute Gasteiger partial charge is 0.256 e. The number of benzene rings is 2. The van der Waals surface area contributed by atoms with E-state index in [0.717, 1.165) is 24.3 Å². The summed E-state index contributed by atoms with van der Waals surface area (Å²) in [6.45, 7) is 4.29. The van der Waals surface area contributed by atoms with Gasteiger partial charge in [0.05, 0.1) is 17.4 Å². The minimum absolute atomic E-state index is 0.104. The molecule has 1 saturated heterocycles. The molecule has 4 rings (SSSR count). The molecule has 2 amide bonds. The van der Waals surface area contributed by atoms with Gasteiger partial charge in [-0.1, -0.05) is 30.3 Å². The molecule has 0 unspecified atom stereocenters. The lowest BCUT2D eigenvalue weighted by Gasteiger charge is -2.23. The topological polar surface area (TPSA) is 65.5 Å². The van der Waals surface area contributed by atoms with Crippen molar-refractivity contribution in [3.05, 3.63) is 89.4 Å². The Labute approximate surface area is 186 Å². The zero-order valence-corrected chi connectivity index (χ0v) is 17.9. The van der Waals surface area contributed by atoms with Crippen LogP contribution in [0, 0.1) is 12.7 Å². The van der Waals surface area contributed by atoms with E-state index in [2.05, 4.69) is 15.2 Å². The first kappa shape index (κ1) is 21.5. The largest absolute Gasteiger partial charge is 0.355 e. The van der Waals surface area contributed by atoms with Crippen molar-refractivity contribution in [2.45, 2.75) is 13.3 Å². The maximum absolute atomic E-state index is 14.0. The average molecular weight is 432 g/mol. The van der Waals surface area contributed by atoms with Crippen LogP contribution in [0.4, 0.5) is 15.9 Å². The van der Waals surface area contributed by atoms with Crippen molar-refractivity contribution in [3.8, 4) is 0 Å². The Morgan fingerprint density at radius 1 is 0.906 bits per heavy atom. The predicted molar refractivity (Wildman–Crippen MR) is 123 cm³/mol. The van der Waals surface area contributed by atoms with E-state index in [4.69, 9.17) is 0 Å². The molecule has 2 aromatic carbocycles. The Balaban J connectivity index is 1.38. The Bertz CT molecular complexity index is 1120. The Kier molecular flexibility index (Phi) is 6.44. The maximum atomic E-state index is 14.0. The van der Waals surface area contributed by atoms with Crippen molar-refractivity contribution in [1.29, 1.82) is 0 Å². The van der Waals surface area contributed by atoms with Crippen molar-refractivity contribution in [1.82, 2.24) is 9.88 Å². The molecule has 164 valence electrons. The first-order valence-corrected chi connectivity index (χ1v) is 10.6. The Hall–Kier alpha value is -3.74. The molecule has 3 aromatic rings. The Morgan fingerprint density at radius 3 is 2.38 bits per heavy atom. The van der Waals surface area contributed by atoms with Crippen LogP contribution in [0.15, 0.2) is 66.9 Å². The summed E-state index contributed by atoms with van der Waals surface area (Å²) in [7, 11) is 0. The van der Waals surface area contributed by atoms with E-state index in [1.165, 1.54) is 12.1 Å². The first-order chi connectivity index (χ1) is 15.5. The third-order valence-electron chi connectivity index (χ3n) is 5.61. The fourth-order valence-corrected chi connectivity index (χ4v) is 3.83. The van der Waals surface area contributed by atoms with Gasteiger partial charge in [-0.15, -0.1) is 0 Å². The van der Waals surface area contributed by atoms with Crippen molar-refractivity contribution >= 4 is 23.3 Å². The van der Waals surface area contributed by atoms with E-state index in [1.807, 2.05) is 37.3 Å². The molecule has 1 aliphatic heterocycles. The number of pyridine rings is 1. The molecular weight excluding hydrogens is 407 g/mol. The lowest BCUT2D eigenvalue weighted by atomic mass is 10.1. The fraction of sp³-hybridized carbons (Fsp3) is 0.240. The van der Waals surface area contributed by atoms with Crippen LogP contribution >= 0.6 is 0 Å². The van der Waals surface area contributed by atoms with Gasteiger partial charge in [-0.05, 0) is 49.2 Å². The van der Waals surface area contributed by atoms with Crippen LogP contribution in [-0.2, 0) is 0 Å². The molecule has 1 N–H and O–H groups in total. The SMILES string of the molecule is Cc1ccccc1C(=O)Nc1ccc(N2CCCN(C(=O)c3ccccc3F)CC2)nc1. The molecule has 32 heavy (non-hydrogen) atoms. The summed E-state index contributed by atoms with van der Waals surface area (Å²) in [5.74, 6) is -0.176. The van der Waals surface area contributed by atoms with Gasteiger partial charge in [0, 0.05) is 31.7 Å². The Morgan fingerprint density at radius 2 is 1.66 bits per heavy atom. The molecule has 0 bridgehead atoms. The number of nitrogens with zero attached hydrogens (tertiary/aromatic N) is 3. The number of rotatable bonds is 4. The summed E-state index contributed by atoms with van der Waals surface area (Å²) < 4.78 is 14.0. The zero-order chi connectivity index (χ0) is 22.5. The van der Waals surface area contributed by atoms with Crippen molar-refractivity contribution < 1.29 is 14.0 Å². The molecule has 1 aromatic heterocycles. The summed E-state index contributed by atoms with van der Waals surface area (Å²) in [6.07, 6.45) is 2.40. The van der Waals surface area contributed by atoms with Crippen LogP contribution in [-0.4, -0.2) is 47.9 Å². The van der Waals surface area contributed by atoms with E-state index >= 15 is 0 Å². The molecule has 6 nitrogen and oxygen atoms in total. The minimum atomic E-state index is -0.497. The standard InChI is InChI=1S/C25H25FN4O2/c1-18-7-2-3-8-20(18)24(31)28-19-11-12-23(27-17-19)29-13-6-14-30(16-15-29)25(32)21-9-4-5-10-22(21)26/h2-5,7-12,17H,6,13-16H2,1H3,(H,28,31). The number of anilines is 2. The zero-order valence-electron chi connectivity index (χ0n) is 17.9. The fourth-order valence-electron chi connectivity index (χ4n) is 3.83. The second-order valence-electron chi connectivity index (χ2n) is 7.79. The van der Waals surface area contributed by atoms with E-state index in [1.54, 1.807) is 29.3 Å². The highest BCUT2D eigenvalue weighted by atomic mass is 19.1. The molecule has 1 fully saturated rings. The maximum Gasteiger partial charge on any atom is 0.256 e. The van der Waals surface area contributed by atoms with Crippen LogP contribution < -0.4 is 10.2 Å². The van der Waals surface area contributed by atoms with Crippen molar-refractivity contribution in [2.75, 3.05) is 36.4 Å². The summed E-state index contributed by atoms with van der Waals surface area (Å²) >= 11 is 0. The lowest BCUT2D eigenvalue weighted by molar-refractivity contribution is 0.0762.